The monoisotopic (exact) mass is 387 g/mol. The lowest BCUT2D eigenvalue weighted by Gasteiger charge is -2.30. The van der Waals surface area contributed by atoms with Crippen molar-refractivity contribution in [2.45, 2.75) is 44.2 Å². The minimum absolute atomic E-state index is 0.0119. The highest BCUT2D eigenvalue weighted by Crippen LogP contribution is 2.27. The number of carbonyl (C=O) groups is 1. The van der Waals surface area contributed by atoms with Crippen LogP contribution in [0.5, 0.6) is 0 Å². The van der Waals surface area contributed by atoms with Crippen LogP contribution in [-0.4, -0.2) is 37.1 Å². The summed E-state index contributed by atoms with van der Waals surface area (Å²) in [5.41, 5.74) is 4.25. The molecule has 1 aliphatic rings. The zero-order valence-corrected chi connectivity index (χ0v) is 16.9. The maximum atomic E-state index is 12.6. The number of benzene rings is 1. The standard InChI is InChI=1S/C20H25N3O3S/c1-20(2,3)16-6-5-14-9-10-23(13-15(14)11-16)19(24)22-17-7-8-18(21-12-17)27(4,25)26/h5-8,11-12H,9-10,13H2,1-4H3,(H,22,24). The Morgan fingerprint density at radius 1 is 1.15 bits per heavy atom. The molecule has 1 aromatic carbocycles. The van der Waals surface area contributed by atoms with Crippen LogP contribution in [0.2, 0.25) is 0 Å². The highest BCUT2D eigenvalue weighted by molar-refractivity contribution is 7.90. The second kappa shape index (κ2) is 6.96. The molecular weight excluding hydrogens is 362 g/mol. The fourth-order valence-electron chi connectivity index (χ4n) is 3.07. The summed E-state index contributed by atoms with van der Waals surface area (Å²) in [5.74, 6) is 0. The van der Waals surface area contributed by atoms with Gasteiger partial charge in [-0.2, -0.15) is 0 Å². The van der Waals surface area contributed by atoms with Crippen LogP contribution >= 0.6 is 0 Å². The third-order valence-electron chi connectivity index (χ3n) is 4.74. The number of anilines is 1. The van der Waals surface area contributed by atoms with Gasteiger partial charge in [0, 0.05) is 19.3 Å². The maximum absolute atomic E-state index is 12.6. The smallest absolute Gasteiger partial charge is 0.320 e. The fraction of sp³-hybridized carbons (Fsp3) is 0.400. The Bertz CT molecular complexity index is 961. The number of nitrogens with zero attached hydrogens (tertiary/aromatic N) is 2. The Labute approximate surface area is 160 Å². The first kappa shape index (κ1) is 19.4. The molecule has 1 aliphatic heterocycles. The Morgan fingerprint density at radius 3 is 2.48 bits per heavy atom. The summed E-state index contributed by atoms with van der Waals surface area (Å²) < 4.78 is 22.9. The largest absolute Gasteiger partial charge is 0.322 e. The van der Waals surface area contributed by atoms with Crippen LogP contribution in [0.15, 0.2) is 41.6 Å². The van der Waals surface area contributed by atoms with E-state index in [1.54, 1.807) is 11.0 Å². The number of nitrogens with one attached hydrogen (secondary N) is 1. The normalized spacial score (nSPS) is 14.6. The van der Waals surface area contributed by atoms with Crippen molar-refractivity contribution in [3.63, 3.8) is 0 Å². The number of amides is 2. The van der Waals surface area contributed by atoms with E-state index in [1.165, 1.54) is 29.0 Å². The van der Waals surface area contributed by atoms with E-state index in [0.717, 1.165) is 12.7 Å². The number of hydrogen-bond acceptors (Lipinski definition) is 4. The SMILES string of the molecule is CC(C)(C)c1ccc2c(c1)CN(C(=O)Nc1ccc(S(C)(=O)=O)nc1)CC2. The summed E-state index contributed by atoms with van der Waals surface area (Å²) in [4.78, 5) is 18.3. The van der Waals surface area contributed by atoms with Gasteiger partial charge in [0.15, 0.2) is 14.9 Å². The summed E-state index contributed by atoms with van der Waals surface area (Å²) in [6.07, 6.45) is 3.28. The Kier molecular flexibility index (Phi) is 4.99. The molecule has 3 rings (SSSR count). The molecule has 0 aliphatic carbocycles. The zero-order valence-electron chi connectivity index (χ0n) is 16.1. The number of aromatic nitrogens is 1. The molecule has 0 atom stereocenters. The topological polar surface area (TPSA) is 79.4 Å². The minimum Gasteiger partial charge on any atom is -0.320 e. The van der Waals surface area contributed by atoms with Crippen LogP contribution < -0.4 is 5.32 Å². The molecule has 2 heterocycles. The summed E-state index contributed by atoms with van der Waals surface area (Å²) in [5, 5.41) is 2.78. The van der Waals surface area contributed by atoms with Crippen LogP contribution in [0.3, 0.4) is 0 Å². The summed E-state index contributed by atoms with van der Waals surface area (Å²) in [6, 6.07) is 9.26. The molecule has 0 radical (unpaired) electrons. The van der Waals surface area contributed by atoms with Gasteiger partial charge >= 0.3 is 6.03 Å². The van der Waals surface area contributed by atoms with Crippen molar-refractivity contribution in [1.29, 1.82) is 0 Å². The van der Waals surface area contributed by atoms with Crippen molar-refractivity contribution in [1.82, 2.24) is 9.88 Å². The predicted octanol–water partition coefficient (Wildman–Crippen LogP) is 3.37. The van der Waals surface area contributed by atoms with E-state index in [-0.39, 0.29) is 16.5 Å². The first-order chi connectivity index (χ1) is 12.5. The molecule has 2 aromatic rings. The van der Waals surface area contributed by atoms with Crippen molar-refractivity contribution in [3.8, 4) is 0 Å². The molecule has 0 unspecified atom stereocenters. The quantitative estimate of drug-likeness (QED) is 0.857. The number of rotatable bonds is 2. The Morgan fingerprint density at radius 2 is 1.89 bits per heavy atom. The second-order valence-electron chi connectivity index (χ2n) is 7.99. The van der Waals surface area contributed by atoms with Gasteiger partial charge in [0.1, 0.15) is 0 Å². The number of fused-ring (bicyclic) bond motifs is 1. The molecule has 0 spiro atoms. The zero-order chi connectivity index (χ0) is 19.8. The minimum atomic E-state index is -3.35. The molecule has 2 amide bonds. The molecule has 144 valence electrons. The molecule has 0 bridgehead atoms. The predicted molar refractivity (Wildman–Crippen MR) is 106 cm³/mol. The van der Waals surface area contributed by atoms with E-state index in [1.807, 2.05) is 0 Å². The molecule has 1 aromatic heterocycles. The van der Waals surface area contributed by atoms with Crippen LogP contribution in [0, 0.1) is 0 Å². The Balaban J connectivity index is 1.72. The lowest BCUT2D eigenvalue weighted by atomic mass is 9.84. The average Bonchev–Trinajstić information content (AvgIpc) is 2.59. The Hall–Kier alpha value is -2.41. The highest BCUT2D eigenvalue weighted by Gasteiger charge is 2.23. The maximum Gasteiger partial charge on any atom is 0.322 e. The molecule has 0 saturated carbocycles. The van der Waals surface area contributed by atoms with Gasteiger partial charge in [0.25, 0.3) is 0 Å². The fourth-order valence-corrected chi connectivity index (χ4v) is 3.63. The van der Waals surface area contributed by atoms with E-state index >= 15 is 0 Å². The van der Waals surface area contributed by atoms with Crippen LogP contribution in [0.4, 0.5) is 10.5 Å². The molecule has 7 heteroatoms. The van der Waals surface area contributed by atoms with Gasteiger partial charge < -0.3 is 10.2 Å². The number of pyridine rings is 1. The first-order valence-electron chi connectivity index (χ1n) is 8.88. The van der Waals surface area contributed by atoms with E-state index < -0.39 is 9.84 Å². The van der Waals surface area contributed by atoms with Crippen LogP contribution in [0.25, 0.3) is 0 Å². The van der Waals surface area contributed by atoms with Gasteiger partial charge in [0.05, 0.1) is 11.9 Å². The molecule has 0 saturated heterocycles. The van der Waals surface area contributed by atoms with Gasteiger partial charge in [-0.05, 0) is 40.7 Å². The lowest BCUT2D eigenvalue weighted by molar-refractivity contribution is 0.206. The third kappa shape index (κ3) is 4.47. The van der Waals surface area contributed by atoms with E-state index in [0.29, 0.717) is 18.8 Å². The van der Waals surface area contributed by atoms with E-state index in [9.17, 15) is 13.2 Å². The van der Waals surface area contributed by atoms with Gasteiger partial charge in [0.2, 0.25) is 0 Å². The molecule has 1 N–H and O–H groups in total. The summed E-state index contributed by atoms with van der Waals surface area (Å²) in [6.45, 7) is 7.72. The van der Waals surface area contributed by atoms with Crippen molar-refractivity contribution < 1.29 is 13.2 Å². The highest BCUT2D eigenvalue weighted by atomic mass is 32.2. The molecule has 6 nitrogen and oxygen atoms in total. The van der Waals surface area contributed by atoms with Gasteiger partial charge in [-0.15, -0.1) is 0 Å². The van der Waals surface area contributed by atoms with Crippen molar-refractivity contribution in [2.24, 2.45) is 0 Å². The third-order valence-corrected chi connectivity index (χ3v) is 5.74. The van der Waals surface area contributed by atoms with Gasteiger partial charge in [-0.3, -0.25) is 0 Å². The molecule has 27 heavy (non-hydrogen) atoms. The number of hydrogen-bond donors (Lipinski definition) is 1. The molecule has 0 fully saturated rings. The summed E-state index contributed by atoms with van der Waals surface area (Å²) in [7, 11) is -3.35. The van der Waals surface area contributed by atoms with Crippen molar-refractivity contribution >= 4 is 21.6 Å². The second-order valence-corrected chi connectivity index (χ2v) is 9.96. The lowest BCUT2D eigenvalue weighted by Crippen LogP contribution is -2.39. The molecular formula is C20H25N3O3S. The van der Waals surface area contributed by atoms with E-state index in [2.05, 4.69) is 49.3 Å². The number of carbonyl (C=O) groups excluding carboxylic acids is 1. The van der Waals surface area contributed by atoms with E-state index in [4.69, 9.17) is 0 Å². The summed E-state index contributed by atoms with van der Waals surface area (Å²) >= 11 is 0. The van der Waals surface area contributed by atoms with Gasteiger partial charge in [-0.25, -0.2) is 18.2 Å². The van der Waals surface area contributed by atoms with Crippen molar-refractivity contribution in [3.05, 3.63) is 53.2 Å². The average molecular weight is 388 g/mol. The van der Waals surface area contributed by atoms with Crippen LogP contribution in [0.1, 0.15) is 37.5 Å². The number of urea groups is 1. The number of sulfone groups is 1. The first-order valence-corrected chi connectivity index (χ1v) is 10.8. The van der Waals surface area contributed by atoms with Crippen molar-refractivity contribution in [2.75, 3.05) is 18.1 Å². The van der Waals surface area contributed by atoms with Crippen LogP contribution in [-0.2, 0) is 28.2 Å². The van der Waals surface area contributed by atoms with Gasteiger partial charge in [-0.1, -0.05) is 39.0 Å².